The molecule has 0 saturated carbocycles. The molecular formula is C14H22N2O. The van der Waals surface area contributed by atoms with Crippen molar-refractivity contribution in [2.75, 3.05) is 13.6 Å². The molecule has 94 valence electrons. The Morgan fingerprint density at radius 1 is 1.35 bits per heavy atom. The maximum atomic E-state index is 12.3. The van der Waals surface area contributed by atoms with Crippen molar-refractivity contribution in [1.29, 1.82) is 0 Å². The van der Waals surface area contributed by atoms with E-state index in [9.17, 15) is 4.79 Å². The lowest BCUT2D eigenvalue weighted by atomic mass is 9.86. The van der Waals surface area contributed by atoms with E-state index in [2.05, 4.69) is 0 Å². The summed E-state index contributed by atoms with van der Waals surface area (Å²) < 4.78 is 0. The van der Waals surface area contributed by atoms with Gasteiger partial charge in [0.15, 0.2) is 0 Å². The first kappa shape index (κ1) is 13.7. The quantitative estimate of drug-likeness (QED) is 0.847. The number of nitrogens with two attached hydrogens (primary N) is 1. The summed E-state index contributed by atoms with van der Waals surface area (Å²) in [7, 11) is 1.83. The van der Waals surface area contributed by atoms with Crippen LogP contribution >= 0.6 is 0 Å². The van der Waals surface area contributed by atoms with Crippen LogP contribution in [0.3, 0.4) is 0 Å². The van der Waals surface area contributed by atoms with E-state index in [1.807, 2.05) is 51.2 Å². The lowest BCUT2D eigenvalue weighted by Gasteiger charge is -2.30. The molecule has 0 bridgehead atoms. The number of carbonyl (C=O) groups excluding carboxylic acids is 1. The molecule has 0 radical (unpaired) electrons. The highest BCUT2D eigenvalue weighted by atomic mass is 16.2. The van der Waals surface area contributed by atoms with Crippen LogP contribution in [0.4, 0.5) is 0 Å². The van der Waals surface area contributed by atoms with Crippen molar-refractivity contribution in [1.82, 2.24) is 4.90 Å². The van der Waals surface area contributed by atoms with Crippen LogP contribution in [-0.2, 0) is 11.3 Å². The van der Waals surface area contributed by atoms with Crippen molar-refractivity contribution in [3.05, 3.63) is 35.9 Å². The second-order valence-electron chi connectivity index (χ2n) is 4.77. The summed E-state index contributed by atoms with van der Waals surface area (Å²) in [6.07, 6.45) is 0.765. The molecule has 0 aliphatic heterocycles. The van der Waals surface area contributed by atoms with Crippen molar-refractivity contribution in [3.8, 4) is 0 Å². The van der Waals surface area contributed by atoms with Gasteiger partial charge in [0, 0.05) is 20.1 Å². The number of benzene rings is 1. The smallest absolute Gasteiger partial charge is 0.229 e. The maximum Gasteiger partial charge on any atom is 0.229 e. The van der Waals surface area contributed by atoms with Crippen molar-refractivity contribution >= 4 is 5.91 Å². The highest BCUT2D eigenvalue weighted by molar-refractivity contribution is 5.82. The summed E-state index contributed by atoms with van der Waals surface area (Å²) in [5.41, 5.74) is 6.40. The number of nitrogens with zero attached hydrogens (tertiary/aromatic N) is 1. The number of carbonyl (C=O) groups is 1. The predicted octanol–water partition coefficient (Wildman–Crippen LogP) is 2.02. The highest BCUT2D eigenvalue weighted by Crippen LogP contribution is 2.22. The minimum Gasteiger partial charge on any atom is -0.341 e. The molecule has 0 saturated heterocycles. The van der Waals surface area contributed by atoms with Crippen LogP contribution in [0.5, 0.6) is 0 Å². The van der Waals surface area contributed by atoms with Gasteiger partial charge < -0.3 is 10.6 Å². The van der Waals surface area contributed by atoms with Gasteiger partial charge in [-0.15, -0.1) is 0 Å². The first-order chi connectivity index (χ1) is 8.03. The Morgan fingerprint density at radius 2 is 1.94 bits per heavy atom. The summed E-state index contributed by atoms with van der Waals surface area (Å²) in [6, 6.07) is 9.98. The minimum absolute atomic E-state index is 0.117. The number of rotatable bonds is 5. The summed E-state index contributed by atoms with van der Waals surface area (Å²) >= 11 is 0. The first-order valence-electron chi connectivity index (χ1n) is 6.03. The van der Waals surface area contributed by atoms with Gasteiger partial charge in [-0.1, -0.05) is 37.3 Å². The van der Waals surface area contributed by atoms with Gasteiger partial charge in [-0.05, 0) is 18.9 Å². The summed E-state index contributed by atoms with van der Waals surface area (Å²) in [5, 5.41) is 0. The zero-order chi connectivity index (χ0) is 12.9. The average Bonchev–Trinajstić information content (AvgIpc) is 2.38. The van der Waals surface area contributed by atoms with Crippen molar-refractivity contribution < 1.29 is 4.79 Å². The molecule has 3 nitrogen and oxygen atoms in total. The van der Waals surface area contributed by atoms with E-state index in [-0.39, 0.29) is 5.91 Å². The molecule has 1 amide bonds. The molecule has 2 N–H and O–H groups in total. The van der Waals surface area contributed by atoms with Crippen LogP contribution in [-0.4, -0.2) is 24.4 Å². The predicted molar refractivity (Wildman–Crippen MR) is 70.4 cm³/mol. The summed E-state index contributed by atoms with van der Waals surface area (Å²) in [6.45, 7) is 4.95. The van der Waals surface area contributed by atoms with E-state index in [1.165, 1.54) is 0 Å². The summed E-state index contributed by atoms with van der Waals surface area (Å²) in [5.74, 6) is 0.117. The maximum absolute atomic E-state index is 12.3. The molecule has 1 aromatic carbocycles. The number of amides is 1. The lowest BCUT2D eigenvalue weighted by molar-refractivity contribution is -0.140. The molecular weight excluding hydrogens is 212 g/mol. The molecule has 1 unspecified atom stereocenters. The molecule has 1 rings (SSSR count). The third kappa shape index (κ3) is 3.30. The van der Waals surface area contributed by atoms with Crippen LogP contribution in [0.2, 0.25) is 0 Å². The molecule has 0 spiro atoms. The Morgan fingerprint density at radius 3 is 2.41 bits per heavy atom. The van der Waals surface area contributed by atoms with Gasteiger partial charge in [-0.3, -0.25) is 4.79 Å². The Hall–Kier alpha value is -1.35. The molecule has 0 aliphatic rings. The van der Waals surface area contributed by atoms with E-state index >= 15 is 0 Å². The van der Waals surface area contributed by atoms with Gasteiger partial charge in [-0.25, -0.2) is 0 Å². The topological polar surface area (TPSA) is 46.3 Å². The van der Waals surface area contributed by atoms with Gasteiger partial charge in [0.25, 0.3) is 0 Å². The largest absolute Gasteiger partial charge is 0.341 e. The van der Waals surface area contributed by atoms with Gasteiger partial charge in [0.2, 0.25) is 5.91 Å². The van der Waals surface area contributed by atoms with Gasteiger partial charge in [0.05, 0.1) is 5.41 Å². The molecule has 0 aromatic heterocycles. The fraction of sp³-hybridized carbons (Fsp3) is 0.500. The average molecular weight is 234 g/mol. The Kier molecular flexibility index (Phi) is 4.70. The molecule has 0 aliphatic carbocycles. The van der Waals surface area contributed by atoms with E-state index in [4.69, 9.17) is 5.73 Å². The fourth-order valence-corrected chi connectivity index (χ4v) is 1.77. The van der Waals surface area contributed by atoms with Gasteiger partial charge in [-0.2, -0.15) is 0 Å². The van der Waals surface area contributed by atoms with E-state index in [0.717, 1.165) is 12.0 Å². The van der Waals surface area contributed by atoms with E-state index in [1.54, 1.807) is 4.90 Å². The van der Waals surface area contributed by atoms with Crippen molar-refractivity contribution in [2.45, 2.75) is 26.8 Å². The Labute approximate surface area is 104 Å². The molecule has 1 aromatic rings. The molecule has 0 fully saturated rings. The van der Waals surface area contributed by atoms with Crippen LogP contribution < -0.4 is 5.73 Å². The molecule has 1 atom stereocenters. The molecule has 0 heterocycles. The zero-order valence-electron chi connectivity index (χ0n) is 10.9. The number of hydrogen-bond donors (Lipinski definition) is 1. The highest BCUT2D eigenvalue weighted by Gasteiger charge is 2.32. The van der Waals surface area contributed by atoms with Gasteiger partial charge in [0.1, 0.15) is 0 Å². The normalized spacial score (nSPS) is 14.1. The SMILES string of the molecule is CCC(C)(CN)C(=O)N(C)Cc1ccccc1. The standard InChI is InChI=1S/C14H22N2O/c1-4-14(2,11-15)13(17)16(3)10-12-8-6-5-7-9-12/h5-9H,4,10-11,15H2,1-3H3. The number of hydrogen-bond acceptors (Lipinski definition) is 2. The molecule has 17 heavy (non-hydrogen) atoms. The molecule has 3 heteroatoms. The Bertz CT molecular complexity index is 358. The van der Waals surface area contributed by atoms with Gasteiger partial charge >= 0.3 is 0 Å². The van der Waals surface area contributed by atoms with Crippen molar-refractivity contribution in [2.24, 2.45) is 11.1 Å². The van der Waals surface area contributed by atoms with Crippen LogP contribution in [0, 0.1) is 5.41 Å². The van der Waals surface area contributed by atoms with Crippen molar-refractivity contribution in [3.63, 3.8) is 0 Å². The minimum atomic E-state index is -0.441. The van der Waals surface area contributed by atoms with Crippen LogP contribution in [0.1, 0.15) is 25.8 Å². The second kappa shape index (κ2) is 5.82. The second-order valence-corrected chi connectivity index (χ2v) is 4.77. The first-order valence-corrected chi connectivity index (χ1v) is 6.03. The van der Waals surface area contributed by atoms with Crippen LogP contribution in [0.15, 0.2) is 30.3 Å². The Balaban J connectivity index is 2.71. The van der Waals surface area contributed by atoms with E-state index in [0.29, 0.717) is 13.1 Å². The third-order valence-corrected chi connectivity index (χ3v) is 3.36. The van der Waals surface area contributed by atoms with E-state index < -0.39 is 5.41 Å². The lowest BCUT2D eigenvalue weighted by Crippen LogP contribution is -2.44. The monoisotopic (exact) mass is 234 g/mol. The summed E-state index contributed by atoms with van der Waals surface area (Å²) in [4.78, 5) is 14.0. The zero-order valence-corrected chi connectivity index (χ0v) is 10.9. The van der Waals surface area contributed by atoms with Crippen LogP contribution in [0.25, 0.3) is 0 Å². The third-order valence-electron chi connectivity index (χ3n) is 3.36. The fourth-order valence-electron chi connectivity index (χ4n) is 1.77.